The maximum absolute atomic E-state index is 13.5. The summed E-state index contributed by atoms with van der Waals surface area (Å²) >= 11 is 0. The molecule has 0 aromatic heterocycles. The van der Waals surface area contributed by atoms with Gasteiger partial charge in [0.2, 0.25) is 11.8 Å². The van der Waals surface area contributed by atoms with Crippen LogP contribution in [0.2, 0.25) is 0 Å². The van der Waals surface area contributed by atoms with E-state index in [1.165, 1.54) is 17.0 Å². The number of halogens is 1. The number of benzene rings is 1. The summed E-state index contributed by atoms with van der Waals surface area (Å²) in [6.45, 7) is 6.12. The van der Waals surface area contributed by atoms with Crippen LogP contribution in [0.15, 0.2) is 18.2 Å². The molecule has 0 aliphatic carbocycles. The van der Waals surface area contributed by atoms with Crippen molar-refractivity contribution in [1.82, 2.24) is 5.32 Å². The van der Waals surface area contributed by atoms with Crippen LogP contribution < -0.4 is 10.2 Å². The number of amides is 2. The third-order valence-electron chi connectivity index (χ3n) is 3.63. The van der Waals surface area contributed by atoms with E-state index in [0.29, 0.717) is 12.1 Å². The van der Waals surface area contributed by atoms with Crippen molar-refractivity contribution in [1.29, 1.82) is 0 Å². The average molecular weight is 292 g/mol. The molecule has 21 heavy (non-hydrogen) atoms. The first-order chi connectivity index (χ1) is 9.88. The van der Waals surface area contributed by atoms with Crippen LogP contribution in [0, 0.1) is 18.7 Å². The highest BCUT2D eigenvalue weighted by molar-refractivity contribution is 6.01. The van der Waals surface area contributed by atoms with Gasteiger partial charge in [0.05, 0.1) is 0 Å². The number of hydrogen-bond acceptors (Lipinski definition) is 2. The molecule has 0 spiro atoms. The Bertz CT molecular complexity index is 557. The van der Waals surface area contributed by atoms with Crippen LogP contribution in [0.25, 0.3) is 0 Å². The van der Waals surface area contributed by atoms with Gasteiger partial charge in [-0.2, -0.15) is 0 Å². The molecule has 1 aromatic rings. The lowest BCUT2D eigenvalue weighted by Gasteiger charge is -2.26. The molecule has 1 aromatic carbocycles. The Balaban J connectivity index is 2.35. The molecule has 4 nitrogen and oxygen atoms in total. The van der Waals surface area contributed by atoms with E-state index in [1.54, 1.807) is 6.07 Å². The van der Waals surface area contributed by atoms with Gasteiger partial charge in [0, 0.05) is 18.7 Å². The predicted molar refractivity (Wildman–Crippen MR) is 79.5 cm³/mol. The van der Waals surface area contributed by atoms with Gasteiger partial charge in [-0.3, -0.25) is 9.59 Å². The first-order valence-electron chi connectivity index (χ1n) is 7.25. The summed E-state index contributed by atoms with van der Waals surface area (Å²) in [5.74, 6) is -0.394. The van der Waals surface area contributed by atoms with Gasteiger partial charge in [-0.25, -0.2) is 4.39 Å². The van der Waals surface area contributed by atoms with Gasteiger partial charge in [-0.15, -0.1) is 0 Å². The van der Waals surface area contributed by atoms with Crippen molar-refractivity contribution >= 4 is 17.5 Å². The highest BCUT2D eigenvalue weighted by Crippen LogP contribution is 2.24. The Morgan fingerprint density at radius 2 is 2.10 bits per heavy atom. The summed E-state index contributed by atoms with van der Waals surface area (Å²) in [6, 6.07) is 3.84. The molecule has 1 atom stereocenters. The zero-order valence-corrected chi connectivity index (χ0v) is 12.6. The van der Waals surface area contributed by atoms with E-state index in [2.05, 4.69) is 5.32 Å². The molecule has 1 N–H and O–H groups in total. The monoisotopic (exact) mass is 292 g/mol. The maximum Gasteiger partial charge on any atom is 0.249 e. The molecular formula is C16H21FN2O2. The zero-order valence-electron chi connectivity index (χ0n) is 12.6. The van der Waals surface area contributed by atoms with Gasteiger partial charge in [-0.1, -0.05) is 19.9 Å². The summed E-state index contributed by atoms with van der Waals surface area (Å²) < 4.78 is 13.5. The molecule has 1 aliphatic heterocycles. The summed E-state index contributed by atoms with van der Waals surface area (Å²) in [7, 11) is 0. The normalized spacial score (nSPS) is 19.7. The van der Waals surface area contributed by atoms with Gasteiger partial charge in [0.15, 0.2) is 0 Å². The van der Waals surface area contributed by atoms with Crippen LogP contribution in [-0.4, -0.2) is 24.4 Å². The number of anilines is 1. The van der Waals surface area contributed by atoms with Crippen LogP contribution >= 0.6 is 0 Å². The lowest BCUT2D eigenvalue weighted by molar-refractivity contribution is -0.125. The van der Waals surface area contributed by atoms with Crippen LogP contribution in [0.1, 0.15) is 32.3 Å². The topological polar surface area (TPSA) is 49.4 Å². The highest BCUT2D eigenvalue weighted by atomic mass is 19.1. The lowest BCUT2D eigenvalue weighted by atomic mass is 10.0. The van der Waals surface area contributed by atoms with Gasteiger partial charge < -0.3 is 10.2 Å². The molecule has 114 valence electrons. The molecule has 1 unspecified atom stereocenters. The summed E-state index contributed by atoms with van der Waals surface area (Å²) in [5.41, 5.74) is 1.37. The largest absolute Gasteiger partial charge is 0.344 e. The predicted octanol–water partition coefficient (Wildman–Crippen LogP) is 2.40. The first-order valence-corrected chi connectivity index (χ1v) is 7.25. The fourth-order valence-corrected chi connectivity index (χ4v) is 2.58. The van der Waals surface area contributed by atoms with E-state index >= 15 is 0 Å². The third kappa shape index (κ3) is 3.60. The molecule has 0 saturated carbocycles. The summed E-state index contributed by atoms with van der Waals surface area (Å²) in [4.78, 5) is 26.0. The second-order valence-electron chi connectivity index (χ2n) is 5.92. The molecule has 1 aliphatic rings. The average Bonchev–Trinajstić information content (AvgIpc) is 2.53. The minimum Gasteiger partial charge on any atom is -0.344 e. The van der Waals surface area contributed by atoms with Crippen molar-refractivity contribution < 1.29 is 14.0 Å². The molecule has 5 heteroatoms. The fraction of sp³-hybridized carbons (Fsp3) is 0.500. The number of carbonyl (C=O) groups is 2. The minimum atomic E-state index is -0.539. The van der Waals surface area contributed by atoms with Crippen molar-refractivity contribution in [3.05, 3.63) is 29.6 Å². The maximum atomic E-state index is 13.5. The zero-order chi connectivity index (χ0) is 15.6. The van der Waals surface area contributed by atoms with E-state index in [1.807, 2.05) is 20.8 Å². The molecule has 1 heterocycles. The van der Waals surface area contributed by atoms with E-state index in [0.717, 1.165) is 5.56 Å². The number of nitrogens with one attached hydrogen (secondary N) is 1. The first kappa shape index (κ1) is 15.5. The van der Waals surface area contributed by atoms with Crippen LogP contribution in [-0.2, 0) is 9.59 Å². The SMILES string of the molecule is Cc1ccc(F)cc1N1CCC(=O)NC(CC(C)C)C1=O. The lowest BCUT2D eigenvalue weighted by Crippen LogP contribution is -2.45. The van der Waals surface area contributed by atoms with Gasteiger partial charge in [0.1, 0.15) is 11.9 Å². The molecule has 1 saturated heterocycles. The van der Waals surface area contributed by atoms with Gasteiger partial charge in [-0.05, 0) is 37.0 Å². The van der Waals surface area contributed by atoms with Crippen molar-refractivity contribution in [2.24, 2.45) is 5.92 Å². The number of nitrogens with zero attached hydrogens (tertiary/aromatic N) is 1. The molecule has 0 bridgehead atoms. The number of rotatable bonds is 3. The second-order valence-corrected chi connectivity index (χ2v) is 5.92. The number of hydrogen-bond donors (Lipinski definition) is 1. The third-order valence-corrected chi connectivity index (χ3v) is 3.63. The Hall–Kier alpha value is -1.91. The summed E-state index contributed by atoms with van der Waals surface area (Å²) in [6.07, 6.45) is 0.811. The Morgan fingerprint density at radius 3 is 2.76 bits per heavy atom. The Morgan fingerprint density at radius 1 is 1.38 bits per heavy atom. The molecule has 2 rings (SSSR count). The smallest absolute Gasteiger partial charge is 0.249 e. The minimum absolute atomic E-state index is 0.134. The van der Waals surface area contributed by atoms with Gasteiger partial charge >= 0.3 is 0 Å². The van der Waals surface area contributed by atoms with Crippen molar-refractivity contribution in [2.75, 3.05) is 11.4 Å². The van der Waals surface area contributed by atoms with Crippen LogP contribution in [0.5, 0.6) is 0 Å². The van der Waals surface area contributed by atoms with E-state index < -0.39 is 6.04 Å². The quantitative estimate of drug-likeness (QED) is 0.930. The highest BCUT2D eigenvalue weighted by Gasteiger charge is 2.31. The fourth-order valence-electron chi connectivity index (χ4n) is 2.58. The molecule has 2 amide bonds. The Kier molecular flexibility index (Phi) is 4.60. The molecule has 0 radical (unpaired) electrons. The van der Waals surface area contributed by atoms with Crippen molar-refractivity contribution in [3.63, 3.8) is 0 Å². The second kappa shape index (κ2) is 6.24. The molecular weight excluding hydrogens is 271 g/mol. The Labute approximate surface area is 124 Å². The standard InChI is InChI=1S/C16H21FN2O2/c1-10(2)8-13-16(21)19(7-6-15(20)18-13)14-9-12(17)5-4-11(14)3/h4-5,9-10,13H,6-8H2,1-3H3,(H,18,20). The van der Waals surface area contributed by atoms with Crippen LogP contribution in [0.4, 0.5) is 10.1 Å². The number of carbonyl (C=O) groups excluding carboxylic acids is 2. The van der Waals surface area contributed by atoms with Crippen molar-refractivity contribution in [2.45, 2.75) is 39.7 Å². The van der Waals surface area contributed by atoms with Crippen molar-refractivity contribution in [3.8, 4) is 0 Å². The van der Waals surface area contributed by atoms with E-state index in [-0.39, 0.29) is 36.5 Å². The van der Waals surface area contributed by atoms with E-state index in [4.69, 9.17) is 0 Å². The molecule has 1 fully saturated rings. The van der Waals surface area contributed by atoms with E-state index in [9.17, 15) is 14.0 Å². The number of aryl methyl sites for hydroxylation is 1. The van der Waals surface area contributed by atoms with Crippen LogP contribution in [0.3, 0.4) is 0 Å². The summed E-state index contributed by atoms with van der Waals surface area (Å²) in [5, 5.41) is 2.77. The van der Waals surface area contributed by atoms with Gasteiger partial charge in [0.25, 0.3) is 0 Å².